The van der Waals surface area contributed by atoms with Crippen LogP contribution in [0.1, 0.15) is 17.4 Å². The van der Waals surface area contributed by atoms with E-state index in [0.717, 1.165) is 10.0 Å². The molecule has 1 aromatic heterocycles. The molecule has 1 atom stereocenters. The van der Waals surface area contributed by atoms with E-state index in [1.807, 2.05) is 24.3 Å². The molecular formula is C12H11BrN2O3. The largest absolute Gasteiger partial charge is 0.433 e. The van der Waals surface area contributed by atoms with E-state index in [-0.39, 0.29) is 11.9 Å². The summed E-state index contributed by atoms with van der Waals surface area (Å²) in [6, 6.07) is 10.2. The lowest BCUT2D eigenvalue weighted by molar-refractivity contribution is -0.402. The minimum atomic E-state index is -0.574. The third kappa shape index (κ3) is 2.96. The highest BCUT2D eigenvalue weighted by atomic mass is 79.9. The molecule has 0 fully saturated rings. The Morgan fingerprint density at radius 2 is 1.94 bits per heavy atom. The molecule has 0 radical (unpaired) electrons. The molecule has 0 bridgehead atoms. The molecule has 2 rings (SSSR count). The zero-order chi connectivity index (χ0) is 13.1. The van der Waals surface area contributed by atoms with Crippen LogP contribution in [0.5, 0.6) is 0 Å². The van der Waals surface area contributed by atoms with Crippen LogP contribution in [0.4, 0.5) is 5.88 Å². The van der Waals surface area contributed by atoms with Gasteiger partial charge in [0.25, 0.3) is 0 Å². The molecule has 5 nitrogen and oxygen atoms in total. The molecule has 18 heavy (non-hydrogen) atoms. The van der Waals surface area contributed by atoms with Gasteiger partial charge in [0.2, 0.25) is 0 Å². The van der Waals surface area contributed by atoms with E-state index >= 15 is 0 Å². The van der Waals surface area contributed by atoms with Crippen molar-refractivity contribution in [3.8, 4) is 0 Å². The summed E-state index contributed by atoms with van der Waals surface area (Å²) in [6.45, 7) is 0. The Morgan fingerprint density at radius 3 is 2.50 bits per heavy atom. The Labute approximate surface area is 112 Å². The van der Waals surface area contributed by atoms with Gasteiger partial charge in [0.15, 0.2) is 0 Å². The SMILES string of the molecule is NC(Cc1ccc(Br)cc1)c1ccc([N+](=O)[O-])o1. The summed E-state index contributed by atoms with van der Waals surface area (Å²) in [5.41, 5.74) is 7.00. The molecule has 0 aliphatic heterocycles. The molecule has 1 unspecified atom stereocenters. The molecule has 94 valence electrons. The van der Waals surface area contributed by atoms with Crippen molar-refractivity contribution in [2.75, 3.05) is 0 Å². The smallest absolute Gasteiger partial charge is 0.404 e. The van der Waals surface area contributed by atoms with Crippen LogP contribution in [0.15, 0.2) is 45.3 Å². The lowest BCUT2D eigenvalue weighted by atomic mass is 10.1. The number of rotatable bonds is 4. The quantitative estimate of drug-likeness (QED) is 0.694. The molecule has 0 amide bonds. The number of benzene rings is 1. The summed E-state index contributed by atoms with van der Waals surface area (Å²) in [5, 5.41) is 10.5. The van der Waals surface area contributed by atoms with Gasteiger partial charge in [-0.2, -0.15) is 0 Å². The second-order valence-electron chi connectivity index (χ2n) is 3.87. The fourth-order valence-corrected chi connectivity index (χ4v) is 1.88. The van der Waals surface area contributed by atoms with Crippen molar-refractivity contribution in [3.63, 3.8) is 0 Å². The van der Waals surface area contributed by atoms with Crippen LogP contribution in [0.2, 0.25) is 0 Å². The van der Waals surface area contributed by atoms with Crippen molar-refractivity contribution < 1.29 is 9.34 Å². The lowest BCUT2D eigenvalue weighted by Gasteiger charge is -2.08. The van der Waals surface area contributed by atoms with Gasteiger partial charge in [0, 0.05) is 4.47 Å². The van der Waals surface area contributed by atoms with Crippen molar-refractivity contribution in [1.29, 1.82) is 0 Å². The first-order chi connectivity index (χ1) is 8.56. The summed E-state index contributed by atoms with van der Waals surface area (Å²) in [7, 11) is 0. The van der Waals surface area contributed by atoms with Gasteiger partial charge < -0.3 is 10.2 Å². The first-order valence-corrected chi connectivity index (χ1v) is 6.09. The molecule has 2 aromatic rings. The molecular weight excluding hydrogens is 300 g/mol. The van der Waals surface area contributed by atoms with E-state index in [2.05, 4.69) is 15.9 Å². The third-order valence-corrected chi connectivity index (χ3v) is 3.06. The average Bonchev–Trinajstić information content (AvgIpc) is 2.81. The van der Waals surface area contributed by atoms with E-state index in [0.29, 0.717) is 12.2 Å². The molecule has 0 aliphatic rings. The highest BCUT2D eigenvalue weighted by Crippen LogP contribution is 2.23. The number of nitrogens with two attached hydrogens (primary N) is 1. The van der Waals surface area contributed by atoms with Gasteiger partial charge in [-0.3, -0.25) is 10.1 Å². The van der Waals surface area contributed by atoms with E-state index in [1.165, 1.54) is 6.07 Å². The monoisotopic (exact) mass is 310 g/mol. The third-order valence-electron chi connectivity index (χ3n) is 2.53. The van der Waals surface area contributed by atoms with Gasteiger partial charge in [-0.15, -0.1) is 0 Å². The Morgan fingerprint density at radius 1 is 1.28 bits per heavy atom. The zero-order valence-corrected chi connectivity index (χ0v) is 11.0. The van der Waals surface area contributed by atoms with Crippen LogP contribution in [0.3, 0.4) is 0 Å². The van der Waals surface area contributed by atoms with E-state index < -0.39 is 4.92 Å². The highest BCUT2D eigenvalue weighted by Gasteiger charge is 2.17. The molecule has 0 aliphatic carbocycles. The van der Waals surface area contributed by atoms with Crippen LogP contribution in [0.25, 0.3) is 0 Å². The number of hydrogen-bond donors (Lipinski definition) is 1. The Hall–Kier alpha value is -1.66. The number of nitro groups is 1. The number of nitrogens with zero attached hydrogens (tertiary/aromatic N) is 1. The predicted octanol–water partition coefficient (Wildman–Crippen LogP) is 3.19. The average molecular weight is 311 g/mol. The number of furan rings is 1. The molecule has 6 heteroatoms. The van der Waals surface area contributed by atoms with Gasteiger partial charge in [0.05, 0.1) is 12.1 Å². The maximum absolute atomic E-state index is 10.5. The van der Waals surface area contributed by atoms with Crippen LogP contribution in [-0.4, -0.2) is 4.92 Å². The fourth-order valence-electron chi connectivity index (χ4n) is 1.61. The highest BCUT2D eigenvalue weighted by molar-refractivity contribution is 9.10. The van der Waals surface area contributed by atoms with E-state index in [4.69, 9.17) is 10.2 Å². The molecule has 1 aromatic carbocycles. The Balaban J connectivity index is 2.09. The Kier molecular flexibility index (Phi) is 3.78. The second-order valence-corrected chi connectivity index (χ2v) is 4.79. The van der Waals surface area contributed by atoms with Crippen LogP contribution >= 0.6 is 15.9 Å². The lowest BCUT2D eigenvalue weighted by Crippen LogP contribution is -2.12. The minimum absolute atomic E-state index is 0.281. The molecule has 0 saturated carbocycles. The molecule has 0 saturated heterocycles. The maximum atomic E-state index is 10.5. The summed E-state index contributed by atoms with van der Waals surface area (Å²) in [4.78, 5) is 9.92. The van der Waals surface area contributed by atoms with Gasteiger partial charge in [0.1, 0.15) is 10.7 Å². The van der Waals surface area contributed by atoms with E-state index in [1.54, 1.807) is 6.07 Å². The normalized spacial score (nSPS) is 12.3. The van der Waals surface area contributed by atoms with Gasteiger partial charge in [-0.25, -0.2) is 0 Å². The van der Waals surface area contributed by atoms with Gasteiger partial charge >= 0.3 is 5.88 Å². The molecule has 0 spiro atoms. The van der Waals surface area contributed by atoms with Crippen molar-refractivity contribution in [1.82, 2.24) is 0 Å². The summed E-state index contributed by atoms with van der Waals surface area (Å²) >= 11 is 3.35. The van der Waals surface area contributed by atoms with Crippen molar-refractivity contribution in [2.45, 2.75) is 12.5 Å². The number of hydrogen-bond acceptors (Lipinski definition) is 4. The van der Waals surface area contributed by atoms with Crippen LogP contribution < -0.4 is 5.73 Å². The van der Waals surface area contributed by atoms with Crippen molar-refractivity contribution in [2.24, 2.45) is 5.73 Å². The first kappa shape index (κ1) is 12.8. The minimum Gasteiger partial charge on any atom is -0.404 e. The summed E-state index contributed by atoms with van der Waals surface area (Å²) < 4.78 is 6.06. The predicted molar refractivity (Wildman–Crippen MR) is 70.1 cm³/mol. The standard InChI is InChI=1S/C12H11BrN2O3/c13-9-3-1-8(2-4-9)7-10(14)11-5-6-12(18-11)15(16)17/h1-6,10H,7,14H2. The van der Waals surface area contributed by atoms with Crippen LogP contribution in [-0.2, 0) is 6.42 Å². The molecule has 2 N–H and O–H groups in total. The van der Waals surface area contributed by atoms with Gasteiger partial charge in [-0.1, -0.05) is 28.1 Å². The summed E-state index contributed by atoms with van der Waals surface area (Å²) in [5.74, 6) is 0.140. The summed E-state index contributed by atoms with van der Waals surface area (Å²) in [6.07, 6.45) is 0.567. The van der Waals surface area contributed by atoms with Crippen molar-refractivity contribution in [3.05, 3.63) is 62.3 Å². The van der Waals surface area contributed by atoms with E-state index in [9.17, 15) is 10.1 Å². The van der Waals surface area contributed by atoms with Crippen molar-refractivity contribution >= 4 is 21.8 Å². The number of halogens is 1. The maximum Gasteiger partial charge on any atom is 0.433 e. The second kappa shape index (κ2) is 5.32. The Bertz CT molecular complexity index is 551. The van der Waals surface area contributed by atoms with Crippen LogP contribution in [0, 0.1) is 10.1 Å². The first-order valence-electron chi connectivity index (χ1n) is 5.30. The zero-order valence-electron chi connectivity index (χ0n) is 9.38. The molecule has 1 heterocycles. The topological polar surface area (TPSA) is 82.3 Å². The fraction of sp³-hybridized carbons (Fsp3) is 0.167. The van der Waals surface area contributed by atoms with Gasteiger partial charge in [-0.05, 0) is 30.2 Å².